The second kappa shape index (κ2) is 8.03. The van der Waals surface area contributed by atoms with Crippen molar-refractivity contribution in [3.63, 3.8) is 0 Å². The molecule has 1 aliphatic rings. The zero-order valence-electron chi connectivity index (χ0n) is 14.4. The number of aliphatic imine (C=N–C) groups is 1. The lowest BCUT2D eigenvalue weighted by Gasteiger charge is -2.27. The highest BCUT2D eigenvalue weighted by Crippen LogP contribution is 2.31. The third-order valence-electron chi connectivity index (χ3n) is 4.13. The second-order valence-electron chi connectivity index (χ2n) is 6.06. The van der Waals surface area contributed by atoms with E-state index < -0.39 is 6.61 Å². The van der Waals surface area contributed by atoms with Gasteiger partial charge < -0.3 is 20.5 Å². The fraction of sp³-hybridized carbons (Fsp3) is 0.316. The van der Waals surface area contributed by atoms with Crippen molar-refractivity contribution in [1.82, 2.24) is 5.32 Å². The predicted molar refractivity (Wildman–Crippen MR) is 95.6 cm³/mol. The van der Waals surface area contributed by atoms with Crippen LogP contribution in [0.3, 0.4) is 0 Å². The normalized spacial score (nSPS) is 16.8. The number of nitrogens with one attached hydrogen (secondary N) is 1. The monoisotopic (exact) mass is 361 g/mol. The number of para-hydroxylation sites is 1. The third kappa shape index (κ3) is 4.41. The number of aryl methyl sites for hydroxylation is 1. The van der Waals surface area contributed by atoms with Crippen LogP contribution < -0.4 is 20.5 Å². The molecule has 1 heterocycles. The summed E-state index contributed by atoms with van der Waals surface area (Å²) in [6.07, 6.45) is 0.761. The van der Waals surface area contributed by atoms with E-state index in [-0.39, 0.29) is 24.3 Å². The summed E-state index contributed by atoms with van der Waals surface area (Å²) in [7, 11) is 0. The van der Waals surface area contributed by atoms with Crippen molar-refractivity contribution in [2.24, 2.45) is 10.7 Å². The Morgan fingerprint density at radius 3 is 2.96 bits per heavy atom. The van der Waals surface area contributed by atoms with Crippen LogP contribution in [0.5, 0.6) is 11.5 Å². The van der Waals surface area contributed by atoms with Gasteiger partial charge in [0, 0.05) is 17.5 Å². The molecule has 1 aliphatic heterocycles. The van der Waals surface area contributed by atoms with Crippen LogP contribution in [-0.4, -0.2) is 19.2 Å². The highest BCUT2D eigenvalue weighted by atomic mass is 19.3. The Bertz CT molecular complexity index is 796. The van der Waals surface area contributed by atoms with E-state index in [9.17, 15) is 8.78 Å². The number of hydrogen-bond donors (Lipinski definition) is 2. The van der Waals surface area contributed by atoms with Crippen LogP contribution in [0, 0.1) is 6.92 Å². The maximum atomic E-state index is 12.5. The lowest BCUT2D eigenvalue weighted by Crippen LogP contribution is -2.37. The molecule has 138 valence electrons. The standard InChI is InChI=1S/C19H21F2N3O2/c1-12-6-7-16(26-18(20)21)13(10-12)11-23-19(22)24-15-8-9-25-17-5-3-2-4-14(15)17/h2-7,10,15,18H,8-9,11H2,1H3,(H3,22,23,24). The quantitative estimate of drug-likeness (QED) is 0.632. The van der Waals surface area contributed by atoms with Gasteiger partial charge in [0.15, 0.2) is 5.96 Å². The highest BCUT2D eigenvalue weighted by Gasteiger charge is 2.21. The summed E-state index contributed by atoms with van der Waals surface area (Å²) < 4.78 is 35.3. The number of alkyl halides is 2. The maximum Gasteiger partial charge on any atom is 0.387 e. The minimum atomic E-state index is -2.88. The van der Waals surface area contributed by atoms with E-state index in [1.807, 2.05) is 31.2 Å². The average molecular weight is 361 g/mol. The van der Waals surface area contributed by atoms with Crippen molar-refractivity contribution in [1.29, 1.82) is 0 Å². The molecule has 2 aromatic carbocycles. The summed E-state index contributed by atoms with van der Waals surface area (Å²) in [6, 6.07) is 12.7. The molecule has 0 aliphatic carbocycles. The number of guanidine groups is 1. The fourth-order valence-corrected chi connectivity index (χ4v) is 2.93. The molecule has 1 unspecified atom stereocenters. The van der Waals surface area contributed by atoms with E-state index in [0.29, 0.717) is 12.2 Å². The number of ether oxygens (including phenoxy) is 2. The number of benzene rings is 2. The van der Waals surface area contributed by atoms with Crippen LogP contribution in [-0.2, 0) is 6.54 Å². The van der Waals surface area contributed by atoms with E-state index in [2.05, 4.69) is 15.0 Å². The van der Waals surface area contributed by atoms with Crippen molar-refractivity contribution >= 4 is 5.96 Å². The number of nitrogens with two attached hydrogens (primary N) is 1. The summed E-state index contributed by atoms with van der Waals surface area (Å²) in [5.74, 6) is 1.19. The second-order valence-corrected chi connectivity index (χ2v) is 6.06. The minimum Gasteiger partial charge on any atom is -0.493 e. The Morgan fingerprint density at radius 2 is 2.15 bits per heavy atom. The molecule has 0 saturated heterocycles. The van der Waals surface area contributed by atoms with Gasteiger partial charge in [0.05, 0.1) is 19.2 Å². The van der Waals surface area contributed by atoms with E-state index in [4.69, 9.17) is 10.5 Å². The summed E-state index contributed by atoms with van der Waals surface area (Å²) in [6.45, 7) is -0.269. The van der Waals surface area contributed by atoms with Gasteiger partial charge in [-0.3, -0.25) is 0 Å². The van der Waals surface area contributed by atoms with Crippen molar-refractivity contribution in [2.45, 2.75) is 32.5 Å². The number of hydrogen-bond acceptors (Lipinski definition) is 3. The van der Waals surface area contributed by atoms with Crippen molar-refractivity contribution in [2.75, 3.05) is 6.61 Å². The molecule has 0 bridgehead atoms. The van der Waals surface area contributed by atoms with Gasteiger partial charge in [-0.1, -0.05) is 35.9 Å². The zero-order chi connectivity index (χ0) is 18.5. The van der Waals surface area contributed by atoms with Gasteiger partial charge in [-0.25, -0.2) is 4.99 Å². The number of rotatable bonds is 5. The molecular formula is C19H21F2N3O2. The van der Waals surface area contributed by atoms with Crippen LogP contribution in [0.15, 0.2) is 47.5 Å². The zero-order valence-corrected chi connectivity index (χ0v) is 14.4. The van der Waals surface area contributed by atoms with Crippen LogP contribution in [0.25, 0.3) is 0 Å². The first-order valence-electron chi connectivity index (χ1n) is 8.35. The summed E-state index contributed by atoms with van der Waals surface area (Å²) in [5.41, 5.74) is 8.52. The lowest BCUT2D eigenvalue weighted by atomic mass is 10.0. The largest absolute Gasteiger partial charge is 0.493 e. The number of nitrogens with zero attached hydrogens (tertiary/aromatic N) is 1. The van der Waals surface area contributed by atoms with Crippen molar-refractivity contribution in [3.05, 3.63) is 59.2 Å². The molecule has 0 radical (unpaired) electrons. The van der Waals surface area contributed by atoms with Crippen molar-refractivity contribution < 1.29 is 18.3 Å². The first-order valence-corrected chi connectivity index (χ1v) is 8.35. The van der Waals surface area contributed by atoms with Crippen LogP contribution >= 0.6 is 0 Å². The number of halogens is 2. The summed E-state index contributed by atoms with van der Waals surface area (Å²) in [4.78, 5) is 4.29. The average Bonchev–Trinajstić information content (AvgIpc) is 2.62. The molecule has 26 heavy (non-hydrogen) atoms. The number of fused-ring (bicyclic) bond motifs is 1. The molecule has 3 N–H and O–H groups in total. The van der Waals surface area contributed by atoms with Gasteiger partial charge >= 0.3 is 6.61 Å². The Hall–Kier alpha value is -2.83. The highest BCUT2D eigenvalue weighted by molar-refractivity contribution is 5.78. The van der Waals surface area contributed by atoms with E-state index >= 15 is 0 Å². The van der Waals surface area contributed by atoms with Crippen LogP contribution in [0.4, 0.5) is 8.78 Å². The van der Waals surface area contributed by atoms with Crippen LogP contribution in [0.2, 0.25) is 0 Å². The molecular weight excluding hydrogens is 340 g/mol. The molecule has 3 rings (SSSR count). The Kier molecular flexibility index (Phi) is 5.55. The van der Waals surface area contributed by atoms with Gasteiger partial charge in [-0.15, -0.1) is 0 Å². The first kappa shape index (κ1) is 18.0. The van der Waals surface area contributed by atoms with E-state index in [1.165, 1.54) is 6.07 Å². The molecule has 2 aromatic rings. The predicted octanol–water partition coefficient (Wildman–Crippen LogP) is 3.52. The fourth-order valence-electron chi connectivity index (χ4n) is 2.93. The molecule has 1 atom stereocenters. The third-order valence-corrected chi connectivity index (χ3v) is 4.13. The summed E-state index contributed by atoms with van der Waals surface area (Å²) >= 11 is 0. The van der Waals surface area contributed by atoms with Crippen LogP contribution in [0.1, 0.15) is 29.2 Å². The Balaban J connectivity index is 1.71. The Labute approximate surface area is 150 Å². The molecule has 5 nitrogen and oxygen atoms in total. The molecule has 0 aromatic heterocycles. The van der Waals surface area contributed by atoms with Gasteiger partial charge in [-0.2, -0.15) is 8.78 Å². The lowest BCUT2D eigenvalue weighted by molar-refractivity contribution is -0.0504. The SMILES string of the molecule is Cc1ccc(OC(F)F)c(CN=C(N)NC2CCOc3ccccc32)c1. The topological polar surface area (TPSA) is 68.9 Å². The minimum absolute atomic E-state index is 0.00186. The molecule has 0 amide bonds. The summed E-state index contributed by atoms with van der Waals surface area (Å²) in [5, 5.41) is 3.18. The van der Waals surface area contributed by atoms with Gasteiger partial charge in [-0.05, 0) is 19.1 Å². The van der Waals surface area contributed by atoms with Gasteiger partial charge in [0.1, 0.15) is 11.5 Å². The smallest absolute Gasteiger partial charge is 0.387 e. The molecule has 0 spiro atoms. The first-order chi connectivity index (χ1) is 12.5. The van der Waals surface area contributed by atoms with Crippen molar-refractivity contribution in [3.8, 4) is 11.5 Å². The Morgan fingerprint density at radius 1 is 1.35 bits per heavy atom. The van der Waals surface area contributed by atoms with E-state index in [0.717, 1.165) is 23.3 Å². The molecule has 7 heteroatoms. The van der Waals surface area contributed by atoms with E-state index in [1.54, 1.807) is 12.1 Å². The van der Waals surface area contributed by atoms with Gasteiger partial charge in [0.25, 0.3) is 0 Å². The molecule has 0 saturated carbocycles. The molecule has 0 fully saturated rings. The van der Waals surface area contributed by atoms with Gasteiger partial charge in [0.2, 0.25) is 0 Å². The maximum absolute atomic E-state index is 12.5.